The van der Waals surface area contributed by atoms with Crippen LogP contribution < -0.4 is 24.3 Å². The second kappa shape index (κ2) is 13.1. The zero-order valence-corrected chi connectivity index (χ0v) is 53.8. The molecule has 0 saturated heterocycles. The molecule has 1 aliphatic heterocycles. The summed E-state index contributed by atoms with van der Waals surface area (Å²) in [5.41, 5.74) is 9.23. The summed E-state index contributed by atoms with van der Waals surface area (Å²) in [6.45, 7) is 7.33. The lowest BCUT2D eigenvalue weighted by Gasteiger charge is -2.57. The average Bonchev–Trinajstić information content (AvgIpc) is 1.38. The molecular formula is C91H41NO9. The van der Waals surface area contributed by atoms with E-state index in [-0.39, 0.29) is 24.5 Å². The zero-order chi connectivity index (χ0) is 63.0. The fourth-order valence-electron chi connectivity index (χ4n) is 28.8. The molecule has 6 aliphatic rings. The highest BCUT2D eigenvalue weighted by Crippen LogP contribution is 2.86. The highest BCUT2D eigenvalue weighted by Gasteiger charge is 2.71. The third-order valence-electron chi connectivity index (χ3n) is 30.5. The molecule has 0 radical (unpaired) electrons. The van der Waals surface area contributed by atoms with E-state index in [0.717, 1.165) is 12.8 Å². The summed E-state index contributed by atoms with van der Waals surface area (Å²) in [4.78, 5) is 15.4. The number of amides is 1. The number of rotatable bonds is 3. The van der Waals surface area contributed by atoms with Gasteiger partial charge in [-0.05, 0) is 363 Å². The fourth-order valence-corrected chi connectivity index (χ4v) is 28.8. The molecule has 2 spiro atoms. The average molecular weight is 1290 g/mol. The summed E-state index contributed by atoms with van der Waals surface area (Å²) in [6.07, 6.45) is 1.77. The number of ether oxygens (including phenoxy) is 8. The largest absolute Gasteiger partial charge is 0.487 e. The molecule has 10 heteroatoms. The molecule has 0 fully saturated rings. The number of fused-ring (bicyclic) bond motifs is 2. The predicted molar refractivity (Wildman–Crippen MR) is 406 cm³/mol. The molecule has 101 heavy (non-hydrogen) atoms. The third-order valence-corrected chi connectivity index (χ3v) is 30.5. The Kier molecular flexibility index (Phi) is 6.02. The van der Waals surface area contributed by atoms with E-state index in [1.807, 2.05) is 42.5 Å². The Labute approximate surface area is 562 Å². The second-order valence-corrected chi connectivity index (χ2v) is 32.9. The van der Waals surface area contributed by atoms with Crippen LogP contribution in [0, 0.1) is 0 Å². The minimum absolute atomic E-state index is 0.130. The van der Waals surface area contributed by atoms with Crippen molar-refractivity contribution in [3.63, 3.8) is 0 Å². The van der Waals surface area contributed by atoms with E-state index in [4.69, 9.17) is 37.9 Å². The zero-order valence-electron chi connectivity index (χ0n) is 53.8. The Bertz CT molecular complexity index is 8480. The van der Waals surface area contributed by atoms with Crippen molar-refractivity contribution in [2.24, 2.45) is 0 Å². The van der Waals surface area contributed by atoms with Crippen LogP contribution in [0.15, 0.2) is 53.6 Å². The van der Waals surface area contributed by atoms with Crippen molar-refractivity contribution in [3.8, 4) is 23.0 Å². The number of carbonyl (C=O) groups excluding carboxylic acids is 1. The minimum Gasteiger partial charge on any atom is -0.487 e. The number of nitrogens with one attached hydrogen (secondary N) is 1. The van der Waals surface area contributed by atoms with Crippen LogP contribution in [0.5, 0.6) is 23.0 Å². The quantitative estimate of drug-likeness (QED) is 0.137. The molecule has 0 aromatic heterocycles. The van der Waals surface area contributed by atoms with Gasteiger partial charge in [0.1, 0.15) is 26.4 Å². The second-order valence-electron chi connectivity index (χ2n) is 32.9. The van der Waals surface area contributed by atoms with Gasteiger partial charge in [0.05, 0.1) is 52.9 Å². The Morgan fingerprint density at radius 1 is 0.287 bits per heavy atom. The van der Waals surface area contributed by atoms with Gasteiger partial charge in [-0.1, -0.05) is 23.3 Å². The summed E-state index contributed by atoms with van der Waals surface area (Å²) in [5, 5.41) is 90.7. The fraction of sp³-hybridized carbons (Fsp3) is 0.198. The van der Waals surface area contributed by atoms with Crippen LogP contribution in [0.2, 0.25) is 0 Å². The molecule has 0 unspecified atom stereocenters. The normalized spacial score (nSPS) is 21.6. The Morgan fingerprint density at radius 3 is 0.792 bits per heavy atom. The first-order valence-electron chi connectivity index (χ1n) is 36.9. The molecule has 5 aliphatic carbocycles. The van der Waals surface area contributed by atoms with Crippen molar-refractivity contribution < 1.29 is 42.7 Å². The molecule has 1 N–H and O–H groups in total. The molecule has 1 amide bonds. The molecule has 36 rings (SSSR count). The number of hydrogen-bond donors (Lipinski definition) is 1. The van der Waals surface area contributed by atoms with Crippen molar-refractivity contribution in [2.75, 3.05) is 85.8 Å². The van der Waals surface area contributed by atoms with Gasteiger partial charge in [-0.15, -0.1) is 0 Å². The maximum Gasteiger partial charge on any atom is 0.251 e. The first kappa shape index (κ1) is 46.5. The number of para-hydroxylation sites is 2. The Balaban J connectivity index is 0.600. The molecule has 30 aromatic rings. The number of hydrogen-bond acceptors (Lipinski definition) is 9. The number of allylic oxidation sites excluding steroid dienone is 1. The van der Waals surface area contributed by atoms with Gasteiger partial charge in [-0.2, -0.15) is 0 Å². The van der Waals surface area contributed by atoms with Crippen molar-refractivity contribution in [1.29, 1.82) is 0 Å². The molecule has 30 aromatic carbocycles. The standard InChI is InChI=1S/C91H41NO9/c1-24-21-90-85-77-69-59-49-41-33-31-32-35-39-37(33)45-53-47(39)57-51-43(35)44-36(32)40-38-34(31)42(41)50-56-46(38)54-48(40)58-52(44)62-61(51)71-65(57)75-67(53)73(63(69)55(45)49)79(85)83(75)87-81(71)82-72(62)66(58)76-68(54)74-64(56)70(60(50)59)78(77)86(90)80(74)84(76)88(82)91(87,90)22-26(24)23-92-89(93)25-6-7-29-30(20-25)101-19-15-97-11-10-95-13-17-99-28-5-3-2-4-27(28)98-16-12-94-8-9-96-14-18-100-29/h2-7,20H,8-19,21-23H2,1H3,(H,92,93). The summed E-state index contributed by atoms with van der Waals surface area (Å²) in [7, 11) is 0. The van der Waals surface area contributed by atoms with Gasteiger partial charge in [-0.25, -0.2) is 0 Å². The Morgan fingerprint density at radius 2 is 0.515 bits per heavy atom. The highest BCUT2D eigenvalue weighted by molar-refractivity contribution is 6.82. The van der Waals surface area contributed by atoms with Crippen LogP contribution >= 0.6 is 0 Å². The van der Waals surface area contributed by atoms with E-state index < -0.39 is 5.41 Å². The summed E-state index contributed by atoms with van der Waals surface area (Å²) in [6, 6.07) is 13.3. The van der Waals surface area contributed by atoms with Crippen LogP contribution in [0.1, 0.15) is 52.4 Å². The maximum absolute atomic E-state index is 15.4. The first-order valence-corrected chi connectivity index (χ1v) is 36.9. The monoisotopic (exact) mass is 1290 g/mol. The van der Waals surface area contributed by atoms with E-state index in [2.05, 4.69) is 12.2 Å². The van der Waals surface area contributed by atoms with Crippen LogP contribution in [0.4, 0.5) is 0 Å². The van der Waals surface area contributed by atoms with E-state index in [9.17, 15) is 0 Å². The van der Waals surface area contributed by atoms with Crippen LogP contribution in [0.25, 0.3) is 291 Å². The van der Waals surface area contributed by atoms with Crippen LogP contribution in [0.3, 0.4) is 0 Å². The van der Waals surface area contributed by atoms with E-state index in [1.165, 1.54) is 11.1 Å². The van der Waals surface area contributed by atoms with Gasteiger partial charge in [0.2, 0.25) is 0 Å². The van der Waals surface area contributed by atoms with Crippen molar-refractivity contribution >= 4 is 297 Å². The van der Waals surface area contributed by atoms with Gasteiger partial charge in [0.15, 0.2) is 23.0 Å². The van der Waals surface area contributed by atoms with Gasteiger partial charge < -0.3 is 43.2 Å². The molecule has 464 valence electrons. The van der Waals surface area contributed by atoms with Crippen LogP contribution in [-0.2, 0) is 29.8 Å². The minimum atomic E-state index is -0.438. The third kappa shape index (κ3) is 3.58. The lowest BCUT2D eigenvalue weighted by Crippen LogP contribution is -2.54. The van der Waals surface area contributed by atoms with E-state index >= 15 is 4.79 Å². The van der Waals surface area contributed by atoms with Crippen molar-refractivity contribution in [3.05, 3.63) is 81.4 Å². The first-order chi connectivity index (χ1) is 50.1. The van der Waals surface area contributed by atoms with E-state index in [1.54, 1.807) is 313 Å². The summed E-state index contributed by atoms with van der Waals surface area (Å²) < 4.78 is 48.6. The molecule has 0 saturated carbocycles. The van der Waals surface area contributed by atoms with Gasteiger partial charge >= 0.3 is 0 Å². The van der Waals surface area contributed by atoms with Crippen LogP contribution in [-0.4, -0.2) is 91.7 Å². The number of carbonyl (C=O) groups is 1. The molecule has 1 heterocycles. The Hall–Kier alpha value is -10.9. The lowest BCUT2D eigenvalue weighted by atomic mass is 9.43. The molecule has 0 atom stereocenters. The van der Waals surface area contributed by atoms with Gasteiger partial charge in [-0.3, -0.25) is 4.79 Å². The summed E-state index contributed by atoms with van der Waals surface area (Å²) >= 11 is 0. The van der Waals surface area contributed by atoms with Crippen molar-refractivity contribution in [1.82, 2.24) is 5.32 Å². The maximum atomic E-state index is 15.4. The smallest absolute Gasteiger partial charge is 0.251 e. The number of benzene rings is 20. The topological polar surface area (TPSA) is 103 Å². The SMILES string of the molecule is CC1=C(CNC(=O)c2ccc3c(c2)OCCOCCOCCOc2ccccc2OCCOCCOCCO3)CC23c4c5c6c7c8c9c(c%10c%11c2c2c4c4c%12c5c5c6c6c8c8c%13c9c9c%10c%10c%11c%11c2c2c4c4c%12c%12c5c5c6c8c6c8c%13c9c9c%10c%10c%11c2c2c4c4c%12c5c6c5c8c9c%10c2c45)C73C1. The summed E-state index contributed by atoms with van der Waals surface area (Å²) in [5.74, 6) is 2.23. The van der Waals surface area contributed by atoms with Crippen molar-refractivity contribution in [2.45, 2.75) is 30.6 Å². The molecule has 10 nitrogen and oxygen atoms in total. The van der Waals surface area contributed by atoms with Gasteiger partial charge in [0.25, 0.3) is 5.91 Å². The lowest BCUT2D eigenvalue weighted by molar-refractivity contribution is 0.0223. The predicted octanol–water partition coefficient (Wildman–Crippen LogP) is 20.1. The van der Waals surface area contributed by atoms with Gasteiger partial charge in [0, 0.05) is 22.9 Å². The highest BCUT2D eigenvalue weighted by atomic mass is 16.6. The van der Waals surface area contributed by atoms with E-state index in [0.29, 0.717) is 101 Å². The molecule has 0 bridgehead atoms. The molecular weight excluding hydrogens is 1250 g/mol.